The molecule has 0 aromatic carbocycles. The first kappa shape index (κ1) is 12.3. The van der Waals surface area contributed by atoms with Crippen molar-refractivity contribution in [1.82, 2.24) is 10.4 Å². The lowest BCUT2D eigenvalue weighted by Gasteiger charge is -2.37. The predicted octanol–water partition coefficient (Wildman–Crippen LogP) is 1.70. The zero-order chi connectivity index (χ0) is 11.7. The van der Waals surface area contributed by atoms with E-state index in [4.69, 9.17) is 0 Å². The molecule has 88 valence electrons. The molecule has 0 aromatic rings. The minimum atomic E-state index is -4.80. The number of carbonyl (C=O) groups is 1. The number of rotatable bonds is 1. The number of halogens is 3. The average Bonchev–Trinajstić information content (AvgIpc) is 2.00. The molecule has 0 saturated carbocycles. The Labute approximate surface area is 86.6 Å². The summed E-state index contributed by atoms with van der Waals surface area (Å²) in [6.07, 6.45) is -3.04. The third kappa shape index (κ3) is 3.70. The molecule has 1 amide bonds. The minimum absolute atomic E-state index is 0.0445. The van der Waals surface area contributed by atoms with Crippen molar-refractivity contribution in [2.24, 2.45) is 5.41 Å². The molecule has 1 rings (SSSR count). The van der Waals surface area contributed by atoms with Crippen LogP contribution in [0, 0.1) is 5.41 Å². The second kappa shape index (κ2) is 4.00. The van der Waals surface area contributed by atoms with Crippen LogP contribution in [-0.2, 0) is 4.79 Å². The predicted molar refractivity (Wildman–Crippen MR) is 48.8 cm³/mol. The van der Waals surface area contributed by atoms with Gasteiger partial charge in [0.15, 0.2) is 0 Å². The Kier molecular flexibility index (Phi) is 3.28. The van der Waals surface area contributed by atoms with Crippen molar-refractivity contribution in [3.8, 4) is 0 Å². The third-order valence-electron chi connectivity index (χ3n) is 2.42. The third-order valence-corrected chi connectivity index (χ3v) is 2.42. The van der Waals surface area contributed by atoms with Crippen molar-refractivity contribution in [3.05, 3.63) is 0 Å². The van der Waals surface area contributed by atoms with Crippen LogP contribution in [0.15, 0.2) is 0 Å². The summed E-state index contributed by atoms with van der Waals surface area (Å²) in [5, 5.41) is 1.35. The number of hydrazine groups is 1. The smallest absolute Gasteiger partial charge is 0.281 e. The highest BCUT2D eigenvalue weighted by molar-refractivity contribution is 5.81. The Morgan fingerprint density at radius 1 is 1.40 bits per heavy atom. The van der Waals surface area contributed by atoms with E-state index in [-0.39, 0.29) is 5.41 Å². The van der Waals surface area contributed by atoms with Crippen LogP contribution >= 0.6 is 0 Å². The van der Waals surface area contributed by atoms with E-state index in [1.165, 1.54) is 5.01 Å². The van der Waals surface area contributed by atoms with Gasteiger partial charge in [-0.2, -0.15) is 13.2 Å². The van der Waals surface area contributed by atoms with Crippen LogP contribution in [0.5, 0.6) is 0 Å². The van der Waals surface area contributed by atoms with Crippen LogP contribution in [0.3, 0.4) is 0 Å². The van der Waals surface area contributed by atoms with Crippen molar-refractivity contribution >= 4 is 5.91 Å². The Hall–Kier alpha value is -0.780. The van der Waals surface area contributed by atoms with Gasteiger partial charge in [0.25, 0.3) is 0 Å². The highest BCUT2D eigenvalue weighted by Gasteiger charge is 2.40. The normalized spacial score (nSPS) is 22.5. The maximum Gasteiger partial charge on any atom is 0.472 e. The SMILES string of the molecule is CC1(C)CCCN(NC(=O)C(F)(F)F)C1. The summed E-state index contributed by atoms with van der Waals surface area (Å²) in [5.74, 6) is -1.89. The minimum Gasteiger partial charge on any atom is -0.281 e. The van der Waals surface area contributed by atoms with Crippen molar-refractivity contribution in [1.29, 1.82) is 0 Å². The molecular weight excluding hydrogens is 209 g/mol. The topological polar surface area (TPSA) is 32.3 Å². The van der Waals surface area contributed by atoms with Gasteiger partial charge in [0.05, 0.1) is 0 Å². The van der Waals surface area contributed by atoms with Gasteiger partial charge in [-0.15, -0.1) is 0 Å². The molecule has 1 saturated heterocycles. The maximum absolute atomic E-state index is 12.0. The van der Waals surface area contributed by atoms with Crippen molar-refractivity contribution in [3.63, 3.8) is 0 Å². The monoisotopic (exact) mass is 224 g/mol. The summed E-state index contributed by atoms with van der Waals surface area (Å²) in [4.78, 5) is 10.7. The molecule has 0 bridgehead atoms. The molecule has 1 heterocycles. The largest absolute Gasteiger partial charge is 0.472 e. The van der Waals surface area contributed by atoms with Gasteiger partial charge in [-0.3, -0.25) is 10.2 Å². The van der Waals surface area contributed by atoms with Crippen LogP contribution in [0.1, 0.15) is 26.7 Å². The van der Waals surface area contributed by atoms with E-state index in [1.54, 1.807) is 0 Å². The molecule has 1 aliphatic heterocycles. The molecule has 0 aromatic heterocycles. The van der Waals surface area contributed by atoms with Gasteiger partial charge in [0.1, 0.15) is 0 Å². The molecule has 1 fully saturated rings. The zero-order valence-corrected chi connectivity index (χ0v) is 8.82. The van der Waals surface area contributed by atoms with Crippen LogP contribution in [0.2, 0.25) is 0 Å². The maximum atomic E-state index is 12.0. The first-order valence-corrected chi connectivity index (χ1v) is 4.83. The second-order valence-electron chi connectivity index (χ2n) is 4.63. The number of nitrogens with zero attached hydrogens (tertiary/aromatic N) is 1. The first-order valence-electron chi connectivity index (χ1n) is 4.83. The van der Waals surface area contributed by atoms with Crippen LogP contribution in [0.4, 0.5) is 13.2 Å². The summed E-state index contributed by atoms with van der Waals surface area (Å²) in [6, 6.07) is 0. The molecule has 3 nitrogen and oxygen atoms in total. The van der Waals surface area contributed by atoms with E-state index in [9.17, 15) is 18.0 Å². The molecular formula is C9H15F3N2O. The second-order valence-corrected chi connectivity index (χ2v) is 4.63. The van der Waals surface area contributed by atoms with Crippen LogP contribution in [0.25, 0.3) is 0 Å². The number of hydrogen-bond acceptors (Lipinski definition) is 2. The average molecular weight is 224 g/mol. The zero-order valence-electron chi connectivity index (χ0n) is 8.82. The summed E-state index contributed by atoms with van der Waals surface area (Å²) in [7, 11) is 0. The van der Waals surface area contributed by atoms with E-state index < -0.39 is 12.1 Å². The molecule has 0 atom stereocenters. The highest BCUT2D eigenvalue weighted by atomic mass is 19.4. The van der Waals surface area contributed by atoms with Gasteiger partial charge in [0, 0.05) is 13.1 Å². The van der Waals surface area contributed by atoms with Crippen molar-refractivity contribution < 1.29 is 18.0 Å². The Morgan fingerprint density at radius 2 is 2.00 bits per heavy atom. The van der Waals surface area contributed by atoms with E-state index in [2.05, 4.69) is 0 Å². The van der Waals surface area contributed by atoms with Crippen LogP contribution in [-0.4, -0.2) is 30.2 Å². The van der Waals surface area contributed by atoms with Crippen molar-refractivity contribution in [2.75, 3.05) is 13.1 Å². The Balaban J connectivity index is 2.49. The fourth-order valence-electron chi connectivity index (χ4n) is 1.73. The number of piperidine rings is 1. The van der Waals surface area contributed by atoms with Gasteiger partial charge >= 0.3 is 12.1 Å². The summed E-state index contributed by atoms with van der Waals surface area (Å²) >= 11 is 0. The fraction of sp³-hybridized carbons (Fsp3) is 0.889. The van der Waals surface area contributed by atoms with E-state index >= 15 is 0 Å². The first-order chi connectivity index (χ1) is 6.71. The molecule has 1 aliphatic rings. The van der Waals surface area contributed by atoms with E-state index in [0.717, 1.165) is 12.8 Å². The number of amides is 1. The number of alkyl halides is 3. The number of nitrogens with one attached hydrogen (secondary N) is 1. The Morgan fingerprint density at radius 3 is 2.47 bits per heavy atom. The molecule has 15 heavy (non-hydrogen) atoms. The molecule has 6 heteroatoms. The Bertz CT molecular complexity index is 250. The lowest BCUT2D eigenvalue weighted by molar-refractivity contribution is -0.180. The number of carbonyl (C=O) groups excluding carboxylic acids is 1. The standard InChI is InChI=1S/C9H15F3N2O/c1-8(2)4-3-5-14(6-8)13-7(15)9(10,11)12/h3-6H2,1-2H3,(H,13,15). The molecule has 1 N–H and O–H groups in total. The van der Waals surface area contributed by atoms with Gasteiger partial charge in [-0.05, 0) is 18.3 Å². The highest BCUT2D eigenvalue weighted by Crippen LogP contribution is 2.27. The van der Waals surface area contributed by atoms with Gasteiger partial charge in [-0.25, -0.2) is 5.01 Å². The summed E-state index contributed by atoms with van der Waals surface area (Å²) in [5.41, 5.74) is 1.84. The lowest BCUT2D eigenvalue weighted by atomic mass is 9.85. The van der Waals surface area contributed by atoms with Crippen molar-refractivity contribution in [2.45, 2.75) is 32.9 Å². The fourth-order valence-corrected chi connectivity index (χ4v) is 1.73. The van der Waals surface area contributed by atoms with Gasteiger partial charge in [-0.1, -0.05) is 13.8 Å². The van der Waals surface area contributed by atoms with E-state index in [1.807, 2.05) is 19.3 Å². The molecule has 0 radical (unpaired) electrons. The quantitative estimate of drug-likeness (QED) is 0.735. The summed E-state index contributed by atoms with van der Waals surface area (Å²) < 4.78 is 35.9. The van der Waals surface area contributed by atoms with E-state index in [0.29, 0.717) is 13.1 Å². The number of hydrogen-bond donors (Lipinski definition) is 1. The molecule has 0 unspecified atom stereocenters. The summed E-state index contributed by atoms with van der Waals surface area (Å²) in [6.45, 7) is 4.87. The van der Waals surface area contributed by atoms with Crippen LogP contribution < -0.4 is 5.43 Å². The lowest BCUT2D eigenvalue weighted by Crippen LogP contribution is -2.53. The molecule has 0 spiro atoms. The van der Waals surface area contributed by atoms with Gasteiger partial charge < -0.3 is 0 Å². The van der Waals surface area contributed by atoms with Gasteiger partial charge in [0.2, 0.25) is 0 Å². The molecule has 0 aliphatic carbocycles.